The highest BCUT2D eigenvalue weighted by Crippen LogP contribution is 2.25. The third kappa shape index (κ3) is 8.76. The highest BCUT2D eigenvalue weighted by molar-refractivity contribution is 7.89. The van der Waals surface area contributed by atoms with E-state index in [1.54, 1.807) is 48.5 Å². The van der Waals surface area contributed by atoms with Crippen LogP contribution in [0.5, 0.6) is 0 Å². The Morgan fingerprint density at radius 2 is 1.48 bits per heavy atom. The van der Waals surface area contributed by atoms with E-state index in [0.29, 0.717) is 5.56 Å². The molecule has 8 nitrogen and oxygen atoms in total. The molecule has 3 aromatic rings. The summed E-state index contributed by atoms with van der Waals surface area (Å²) < 4.78 is 28.8. The van der Waals surface area contributed by atoms with Gasteiger partial charge in [-0.25, -0.2) is 13.2 Å². The van der Waals surface area contributed by atoms with E-state index in [-0.39, 0.29) is 17.7 Å². The number of amides is 1. The third-order valence-corrected chi connectivity index (χ3v) is 8.93. The van der Waals surface area contributed by atoms with Gasteiger partial charge in [-0.1, -0.05) is 91.3 Å². The molecular formula is C33H37N3O5S. The number of nitrogens with one attached hydrogen (secondary N) is 2. The third-order valence-electron chi connectivity index (χ3n) is 7.44. The molecular weight excluding hydrogens is 550 g/mol. The highest BCUT2D eigenvalue weighted by atomic mass is 32.2. The molecule has 0 aliphatic heterocycles. The summed E-state index contributed by atoms with van der Waals surface area (Å²) in [6, 6.07) is 19.9. The Balaban J connectivity index is 1.48. The number of benzene rings is 3. The van der Waals surface area contributed by atoms with E-state index in [2.05, 4.69) is 21.9 Å². The molecule has 1 fully saturated rings. The monoisotopic (exact) mass is 587 g/mol. The maximum absolute atomic E-state index is 13.4. The fraction of sp³-hybridized carbons (Fsp3) is 0.333. The van der Waals surface area contributed by atoms with Crippen LogP contribution in [0.2, 0.25) is 0 Å². The van der Waals surface area contributed by atoms with Crippen molar-refractivity contribution in [2.45, 2.75) is 74.4 Å². The van der Waals surface area contributed by atoms with Crippen LogP contribution in [0.4, 0.5) is 0 Å². The van der Waals surface area contributed by atoms with Gasteiger partial charge in [0.2, 0.25) is 15.9 Å². The number of carbonyl (C=O) groups is 2. The second kappa shape index (κ2) is 13.8. The summed E-state index contributed by atoms with van der Waals surface area (Å²) >= 11 is 0. The number of carboxylic acid groups (broad SMARTS) is 1. The molecule has 0 aromatic heterocycles. The molecule has 220 valence electrons. The Kier molecular flexibility index (Phi) is 10.2. The maximum atomic E-state index is 13.4. The zero-order chi connectivity index (χ0) is 30.2. The second-order valence-electron chi connectivity index (χ2n) is 10.9. The Labute approximate surface area is 247 Å². The Morgan fingerprint density at radius 1 is 0.881 bits per heavy atom. The van der Waals surface area contributed by atoms with Crippen LogP contribution in [0, 0.1) is 18.8 Å². The zero-order valence-corrected chi connectivity index (χ0v) is 24.5. The van der Waals surface area contributed by atoms with Gasteiger partial charge in [0.05, 0.1) is 10.4 Å². The normalized spacial score (nSPS) is 16.0. The van der Waals surface area contributed by atoms with Crippen molar-refractivity contribution in [2.75, 3.05) is 0 Å². The standard InChI is InChI=1S/C33H37N3O5S/c1-24-10-16-28(17-11-24)42(40,41)36-29(22-26-8-4-2-5-9-26)31(37)35-30(32(38)39)23-27-14-12-25(13-15-27)18-21-33(34)19-6-3-7-20-33/h2,4-5,8-17,29-30,36H,3,6-7,19-20,22-23,34H2,1H3,(H,35,37)(H,38,39). The van der Waals surface area contributed by atoms with E-state index >= 15 is 0 Å². The second-order valence-corrected chi connectivity index (χ2v) is 12.7. The summed E-state index contributed by atoms with van der Waals surface area (Å²) in [7, 11) is -4.06. The molecule has 4 rings (SSSR count). The molecule has 0 saturated heterocycles. The first-order valence-corrected chi connectivity index (χ1v) is 15.6. The first kappa shape index (κ1) is 31.0. The molecule has 0 radical (unpaired) electrons. The first-order chi connectivity index (χ1) is 20.0. The van der Waals surface area contributed by atoms with Crippen LogP contribution < -0.4 is 15.8 Å². The fourth-order valence-corrected chi connectivity index (χ4v) is 6.14. The van der Waals surface area contributed by atoms with Gasteiger partial charge in [-0.3, -0.25) is 4.79 Å². The summed E-state index contributed by atoms with van der Waals surface area (Å²) in [6.45, 7) is 1.84. The minimum absolute atomic E-state index is 0.0123. The average Bonchev–Trinajstić information content (AvgIpc) is 2.97. The largest absolute Gasteiger partial charge is 0.480 e. The Morgan fingerprint density at radius 3 is 2.10 bits per heavy atom. The molecule has 0 bridgehead atoms. The van der Waals surface area contributed by atoms with Crippen molar-refractivity contribution >= 4 is 21.9 Å². The molecule has 42 heavy (non-hydrogen) atoms. The number of hydrogen-bond donors (Lipinski definition) is 4. The van der Waals surface area contributed by atoms with Crippen molar-refractivity contribution in [1.82, 2.24) is 10.0 Å². The van der Waals surface area contributed by atoms with E-state index in [1.165, 1.54) is 18.6 Å². The van der Waals surface area contributed by atoms with Crippen LogP contribution in [0.3, 0.4) is 0 Å². The number of sulfonamides is 1. The fourth-order valence-electron chi connectivity index (χ4n) is 4.95. The number of aryl methyl sites for hydroxylation is 1. The molecule has 0 spiro atoms. The van der Waals surface area contributed by atoms with Gasteiger partial charge in [0.1, 0.15) is 12.1 Å². The average molecular weight is 588 g/mol. The molecule has 9 heteroatoms. The topological polar surface area (TPSA) is 139 Å². The number of hydrogen-bond acceptors (Lipinski definition) is 5. The van der Waals surface area contributed by atoms with Gasteiger partial charge in [0.15, 0.2) is 0 Å². The highest BCUT2D eigenvalue weighted by Gasteiger charge is 2.30. The minimum atomic E-state index is -4.06. The van der Waals surface area contributed by atoms with Crippen LogP contribution in [-0.2, 0) is 32.5 Å². The molecule has 2 atom stereocenters. The smallest absolute Gasteiger partial charge is 0.326 e. The molecule has 1 amide bonds. The quantitative estimate of drug-likeness (QED) is 0.267. The predicted molar refractivity (Wildman–Crippen MR) is 162 cm³/mol. The van der Waals surface area contributed by atoms with Gasteiger partial charge in [-0.2, -0.15) is 4.72 Å². The minimum Gasteiger partial charge on any atom is -0.480 e. The summed E-state index contributed by atoms with van der Waals surface area (Å²) in [4.78, 5) is 25.6. The maximum Gasteiger partial charge on any atom is 0.326 e. The molecule has 1 aliphatic carbocycles. The van der Waals surface area contributed by atoms with Gasteiger partial charge < -0.3 is 16.2 Å². The number of nitrogens with two attached hydrogens (primary N) is 1. The summed E-state index contributed by atoms with van der Waals surface area (Å²) in [5.74, 6) is 4.39. The van der Waals surface area contributed by atoms with Crippen LogP contribution >= 0.6 is 0 Å². The van der Waals surface area contributed by atoms with Crippen LogP contribution in [0.1, 0.15) is 54.4 Å². The van der Waals surface area contributed by atoms with E-state index in [0.717, 1.165) is 42.4 Å². The van der Waals surface area contributed by atoms with Gasteiger partial charge >= 0.3 is 5.97 Å². The Hall–Kier alpha value is -3.97. The number of aliphatic carboxylic acids is 1. The predicted octanol–water partition coefficient (Wildman–Crippen LogP) is 3.71. The van der Waals surface area contributed by atoms with E-state index in [1.807, 2.05) is 25.1 Å². The van der Waals surface area contributed by atoms with E-state index < -0.39 is 39.5 Å². The number of carbonyl (C=O) groups excluding carboxylic acids is 1. The Bertz CT molecular complexity index is 1540. The zero-order valence-electron chi connectivity index (χ0n) is 23.7. The summed E-state index contributed by atoms with van der Waals surface area (Å²) in [5.41, 5.74) is 9.03. The van der Waals surface area contributed by atoms with Crippen LogP contribution in [-0.4, -0.2) is 43.0 Å². The first-order valence-electron chi connectivity index (χ1n) is 14.1. The lowest BCUT2D eigenvalue weighted by atomic mass is 9.83. The lowest BCUT2D eigenvalue weighted by Gasteiger charge is -2.27. The van der Waals surface area contributed by atoms with Gasteiger partial charge in [0.25, 0.3) is 0 Å². The van der Waals surface area contributed by atoms with Gasteiger partial charge in [0, 0.05) is 12.0 Å². The van der Waals surface area contributed by atoms with Gasteiger partial charge in [-0.15, -0.1) is 0 Å². The number of carboxylic acids is 1. The molecule has 1 aliphatic rings. The lowest BCUT2D eigenvalue weighted by molar-refractivity contribution is -0.142. The van der Waals surface area contributed by atoms with Crippen molar-refractivity contribution in [3.05, 3.63) is 101 Å². The molecule has 2 unspecified atom stereocenters. The van der Waals surface area contributed by atoms with Crippen molar-refractivity contribution in [3.63, 3.8) is 0 Å². The SMILES string of the molecule is Cc1ccc(S(=O)(=O)NC(Cc2ccccc2)C(=O)NC(Cc2ccc(C#CC3(N)CCCCC3)cc2)C(=O)O)cc1. The van der Waals surface area contributed by atoms with E-state index in [4.69, 9.17) is 5.73 Å². The van der Waals surface area contributed by atoms with Gasteiger partial charge in [-0.05, 0) is 61.6 Å². The van der Waals surface area contributed by atoms with Crippen molar-refractivity contribution in [2.24, 2.45) is 5.73 Å². The molecule has 5 N–H and O–H groups in total. The summed E-state index contributed by atoms with van der Waals surface area (Å²) in [6.07, 6.45) is 5.15. The summed E-state index contributed by atoms with van der Waals surface area (Å²) in [5, 5.41) is 12.5. The lowest BCUT2D eigenvalue weighted by Crippen LogP contribution is -2.53. The van der Waals surface area contributed by atoms with Crippen molar-refractivity contribution in [3.8, 4) is 11.8 Å². The van der Waals surface area contributed by atoms with Crippen molar-refractivity contribution in [1.29, 1.82) is 0 Å². The van der Waals surface area contributed by atoms with Crippen LogP contribution in [0.25, 0.3) is 0 Å². The van der Waals surface area contributed by atoms with E-state index in [9.17, 15) is 23.1 Å². The van der Waals surface area contributed by atoms with Crippen LogP contribution in [0.15, 0.2) is 83.8 Å². The molecule has 1 saturated carbocycles. The molecule has 0 heterocycles. The van der Waals surface area contributed by atoms with Crippen molar-refractivity contribution < 1.29 is 23.1 Å². The molecule has 3 aromatic carbocycles. The number of rotatable bonds is 10.